The number of methoxy groups -OCH3 is 1. The second-order valence-corrected chi connectivity index (χ2v) is 4.42. The molecule has 0 spiro atoms. The van der Waals surface area contributed by atoms with Crippen molar-refractivity contribution in [2.45, 2.75) is 12.3 Å². The lowest BCUT2D eigenvalue weighted by atomic mass is 9.99. The molecule has 2 rings (SSSR count). The monoisotopic (exact) mass is 300 g/mol. The second-order valence-electron chi connectivity index (χ2n) is 4.42. The Balaban J connectivity index is 2.36. The van der Waals surface area contributed by atoms with Crippen LogP contribution in [0.15, 0.2) is 42.5 Å². The van der Waals surface area contributed by atoms with Crippen LogP contribution in [0.1, 0.15) is 22.8 Å². The minimum atomic E-state index is -4.50. The van der Waals surface area contributed by atoms with Gasteiger partial charge in [0.1, 0.15) is 6.10 Å². The van der Waals surface area contributed by atoms with E-state index in [0.29, 0.717) is 0 Å². The highest BCUT2D eigenvalue weighted by Gasteiger charge is 2.31. The first-order valence-electron chi connectivity index (χ1n) is 6.01. The summed E-state index contributed by atoms with van der Waals surface area (Å²) in [6, 6.07) is 8.03. The van der Waals surface area contributed by atoms with Crippen LogP contribution in [-0.2, 0) is 6.18 Å². The van der Waals surface area contributed by atoms with E-state index in [1.807, 2.05) is 0 Å². The molecule has 0 heterocycles. The van der Waals surface area contributed by atoms with Crippen LogP contribution in [0.4, 0.5) is 17.6 Å². The maximum atomic E-state index is 13.6. The summed E-state index contributed by atoms with van der Waals surface area (Å²) in [6.45, 7) is 0. The molecule has 0 fully saturated rings. The molecule has 0 saturated heterocycles. The third kappa shape index (κ3) is 3.33. The van der Waals surface area contributed by atoms with Crippen LogP contribution in [0.25, 0.3) is 0 Å². The Bertz CT molecular complexity index is 638. The van der Waals surface area contributed by atoms with E-state index in [2.05, 4.69) is 0 Å². The number of alkyl halides is 3. The van der Waals surface area contributed by atoms with Gasteiger partial charge in [-0.15, -0.1) is 0 Å². The van der Waals surface area contributed by atoms with Crippen molar-refractivity contribution < 1.29 is 27.4 Å². The van der Waals surface area contributed by atoms with Gasteiger partial charge < -0.3 is 9.84 Å². The summed E-state index contributed by atoms with van der Waals surface area (Å²) in [7, 11) is 1.29. The van der Waals surface area contributed by atoms with E-state index in [1.54, 1.807) is 0 Å². The highest BCUT2D eigenvalue weighted by Crippen LogP contribution is 2.32. The lowest BCUT2D eigenvalue weighted by Gasteiger charge is -2.15. The summed E-state index contributed by atoms with van der Waals surface area (Å²) in [4.78, 5) is 0. The lowest BCUT2D eigenvalue weighted by molar-refractivity contribution is -0.137. The molecular weight excluding hydrogens is 288 g/mol. The molecule has 1 atom stereocenters. The summed E-state index contributed by atoms with van der Waals surface area (Å²) >= 11 is 0. The zero-order chi connectivity index (χ0) is 15.6. The smallest absolute Gasteiger partial charge is 0.416 e. The molecule has 21 heavy (non-hydrogen) atoms. The number of rotatable bonds is 3. The van der Waals surface area contributed by atoms with E-state index in [0.717, 1.165) is 18.2 Å². The van der Waals surface area contributed by atoms with Gasteiger partial charge in [-0.2, -0.15) is 13.2 Å². The van der Waals surface area contributed by atoms with E-state index in [9.17, 15) is 22.7 Å². The fraction of sp³-hybridized carbons (Fsp3) is 0.200. The first kappa shape index (κ1) is 15.3. The largest absolute Gasteiger partial charge is 0.494 e. The lowest BCUT2D eigenvalue weighted by Crippen LogP contribution is -2.07. The van der Waals surface area contributed by atoms with Crippen molar-refractivity contribution in [1.29, 1.82) is 0 Å². The number of aliphatic hydroxyl groups is 1. The molecule has 112 valence electrons. The van der Waals surface area contributed by atoms with Crippen LogP contribution >= 0.6 is 0 Å². The summed E-state index contributed by atoms with van der Waals surface area (Å²) in [5.41, 5.74) is -0.685. The Morgan fingerprint density at radius 2 is 1.71 bits per heavy atom. The Morgan fingerprint density at radius 3 is 2.29 bits per heavy atom. The molecular formula is C15H12F4O2. The van der Waals surface area contributed by atoms with Crippen molar-refractivity contribution in [2.75, 3.05) is 7.11 Å². The van der Waals surface area contributed by atoms with Gasteiger partial charge in [0.25, 0.3) is 0 Å². The molecule has 2 aromatic rings. The van der Waals surface area contributed by atoms with Crippen molar-refractivity contribution in [1.82, 2.24) is 0 Å². The summed E-state index contributed by atoms with van der Waals surface area (Å²) in [6.07, 6.45) is -5.85. The van der Waals surface area contributed by atoms with Gasteiger partial charge in [0, 0.05) is 0 Å². The van der Waals surface area contributed by atoms with Gasteiger partial charge in [-0.1, -0.05) is 18.2 Å². The maximum absolute atomic E-state index is 13.6. The number of aliphatic hydroxyl groups excluding tert-OH is 1. The molecule has 0 aliphatic carbocycles. The van der Waals surface area contributed by atoms with Crippen molar-refractivity contribution in [3.05, 3.63) is 65.0 Å². The minimum absolute atomic E-state index is 0.00464. The number of hydrogen-bond acceptors (Lipinski definition) is 2. The number of benzene rings is 2. The Labute approximate surface area is 118 Å². The van der Waals surface area contributed by atoms with Gasteiger partial charge in [-0.25, -0.2) is 4.39 Å². The van der Waals surface area contributed by atoms with Gasteiger partial charge in [0.15, 0.2) is 11.6 Å². The van der Waals surface area contributed by atoms with E-state index in [-0.39, 0.29) is 16.9 Å². The van der Waals surface area contributed by atoms with Crippen LogP contribution in [0.2, 0.25) is 0 Å². The average Bonchev–Trinajstić information content (AvgIpc) is 2.45. The topological polar surface area (TPSA) is 29.5 Å². The molecule has 1 N–H and O–H groups in total. The van der Waals surface area contributed by atoms with E-state index in [4.69, 9.17) is 4.74 Å². The Morgan fingerprint density at radius 1 is 1.05 bits per heavy atom. The first-order valence-corrected chi connectivity index (χ1v) is 6.01. The van der Waals surface area contributed by atoms with Crippen LogP contribution in [-0.4, -0.2) is 12.2 Å². The molecule has 0 saturated carbocycles. The Hall–Kier alpha value is -2.08. The standard InChI is InChI=1S/C15H12F4O2/c1-21-13-6-5-10(8-12(13)16)14(20)9-3-2-4-11(7-9)15(17,18)19/h2-8,14,20H,1H3. The normalized spacial score (nSPS) is 13.0. The van der Waals surface area contributed by atoms with Crippen LogP contribution in [0.5, 0.6) is 5.75 Å². The predicted molar refractivity (Wildman–Crippen MR) is 68.5 cm³/mol. The van der Waals surface area contributed by atoms with Gasteiger partial charge >= 0.3 is 6.18 Å². The first-order chi connectivity index (χ1) is 9.82. The summed E-state index contributed by atoms with van der Waals surface area (Å²) in [5.74, 6) is -0.698. The van der Waals surface area contributed by atoms with Crippen LogP contribution in [0, 0.1) is 5.82 Å². The molecule has 0 aliphatic rings. The third-order valence-corrected chi connectivity index (χ3v) is 3.02. The molecule has 0 aliphatic heterocycles. The number of hydrogen-bond donors (Lipinski definition) is 1. The summed E-state index contributed by atoms with van der Waals surface area (Å²) in [5, 5.41) is 10.1. The average molecular weight is 300 g/mol. The minimum Gasteiger partial charge on any atom is -0.494 e. The molecule has 2 nitrogen and oxygen atoms in total. The zero-order valence-electron chi connectivity index (χ0n) is 11.0. The molecule has 0 radical (unpaired) electrons. The zero-order valence-corrected chi connectivity index (χ0v) is 11.0. The van der Waals surface area contributed by atoms with Gasteiger partial charge in [-0.05, 0) is 35.4 Å². The molecule has 2 aromatic carbocycles. The summed E-state index contributed by atoms with van der Waals surface area (Å²) < 4.78 is 56.2. The van der Waals surface area contributed by atoms with Crippen LogP contribution < -0.4 is 4.74 Å². The van der Waals surface area contributed by atoms with Gasteiger partial charge in [0.2, 0.25) is 0 Å². The Kier molecular flexibility index (Phi) is 4.18. The van der Waals surface area contributed by atoms with Gasteiger partial charge in [-0.3, -0.25) is 0 Å². The highest BCUT2D eigenvalue weighted by atomic mass is 19.4. The third-order valence-electron chi connectivity index (χ3n) is 3.02. The maximum Gasteiger partial charge on any atom is 0.416 e. The van der Waals surface area contributed by atoms with Crippen LogP contribution in [0.3, 0.4) is 0 Å². The second kappa shape index (κ2) is 5.73. The SMILES string of the molecule is COc1ccc(C(O)c2cccc(C(F)(F)F)c2)cc1F. The fourth-order valence-electron chi connectivity index (χ4n) is 1.93. The van der Waals surface area contributed by atoms with Crippen molar-refractivity contribution in [3.63, 3.8) is 0 Å². The fourth-order valence-corrected chi connectivity index (χ4v) is 1.93. The number of ether oxygens (including phenoxy) is 1. The number of halogens is 4. The molecule has 1 unspecified atom stereocenters. The van der Waals surface area contributed by atoms with Crippen molar-refractivity contribution in [3.8, 4) is 5.75 Å². The quantitative estimate of drug-likeness (QED) is 0.870. The van der Waals surface area contributed by atoms with Crippen molar-refractivity contribution >= 4 is 0 Å². The molecule has 0 aromatic heterocycles. The molecule has 0 amide bonds. The molecule has 6 heteroatoms. The van der Waals surface area contributed by atoms with Crippen molar-refractivity contribution in [2.24, 2.45) is 0 Å². The van der Waals surface area contributed by atoms with Gasteiger partial charge in [0.05, 0.1) is 12.7 Å². The van der Waals surface area contributed by atoms with E-state index in [1.165, 1.54) is 31.4 Å². The predicted octanol–water partition coefficient (Wildman–Crippen LogP) is 3.93. The van der Waals surface area contributed by atoms with E-state index >= 15 is 0 Å². The molecule has 0 bridgehead atoms. The highest BCUT2D eigenvalue weighted by molar-refractivity contribution is 5.37. The van der Waals surface area contributed by atoms with E-state index < -0.39 is 23.7 Å².